The average Bonchev–Trinajstić information content (AvgIpc) is 2.91. The number of oxazole rings is 1. The summed E-state index contributed by atoms with van der Waals surface area (Å²) in [4.78, 5) is 17.8. The molecule has 0 saturated heterocycles. The van der Waals surface area contributed by atoms with Crippen LogP contribution in [0.2, 0.25) is 0 Å². The quantitative estimate of drug-likeness (QED) is 0.929. The Kier molecular flexibility index (Phi) is 3.82. The Bertz CT molecular complexity index is 644. The summed E-state index contributed by atoms with van der Waals surface area (Å²) >= 11 is 0. The molecule has 0 unspecified atom stereocenters. The number of aromatic carboxylic acids is 1. The van der Waals surface area contributed by atoms with E-state index >= 15 is 0 Å². The molecule has 0 bridgehead atoms. The van der Waals surface area contributed by atoms with Gasteiger partial charge in [-0.15, -0.1) is 0 Å². The maximum absolute atomic E-state index is 11.0. The molecule has 5 nitrogen and oxygen atoms in total. The third kappa shape index (κ3) is 2.73. The summed E-state index contributed by atoms with van der Waals surface area (Å²) in [5.74, 6) is -0.950. The molecule has 21 heavy (non-hydrogen) atoms. The number of carboxylic acids is 1. The van der Waals surface area contributed by atoms with Crippen LogP contribution in [0.3, 0.4) is 0 Å². The van der Waals surface area contributed by atoms with Crippen LogP contribution in [0.15, 0.2) is 22.6 Å². The zero-order chi connectivity index (χ0) is 14.8. The van der Waals surface area contributed by atoms with Crippen molar-refractivity contribution in [2.45, 2.75) is 45.1 Å². The second kappa shape index (κ2) is 5.76. The van der Waals surface area contributed by atoms with Crippen LogP contribution in [-0.2, 0) is 0 Å². The van der Waals surface area contributed by atoms with Crippen molar-refractivity contribution in [1.29, 1.82) is 0 Å². The van der Waals surface area contributed by atoms with Crippen LogP contribution >= 0.6 is 0 Å². The van der Waals surface area contributed by atoms with Crippen molar-refractivity contribution in [3.8, 4) is 0 Å². The minimum atomic E-state index is -0.950. The van der Waals surface area contributed by atoms with Crippen molar-refractivity contribution in [2.75, 3.05) is 11.4 Å². The Morgan fingerprint density at radius 3 is 2.81 bits per heavy atom. The lowest BCUT2D eigenvalue weighted by Gasteiger charge is -2.32. The fourth-order valence-corrected chi connectivity index (χ4v) is 3.11. The van der Waals surface area contributed by atoms with E-state index in [0.29, 0.717) is 23.2 Å². The topological polar surface area (TPSA) is 66.6 Å². The van der Waals surface area contributed by atoms with E-state index in [4.69, 9.17) is 9.52 Å². The van der Waals surface area contributed by atoms with Crippen LogP contribution in [0.25, 0.3) is 11.1 Å². The fourth-order valence-electron chi connectivity index (χ4n) is 3.11. The van der Waals surface area contributed by atoms with E-state index in [-0.39, 0.29) is 5.56 Å². The largest absolute Gasteiger partial charge is 0.478 e. The number of nitrogens with zero attached hydrogens (tertiary/aromatic N) is 2. The highest BCUT2D eigenvalue weighted by Crippen LogP contribution is 2.29. The predicted molar refractivity (Wildman–Crippen MR) is 80.9 cm³/mol. The average molecular weight is 288 g/mol. The highest BCUT2D eigenvalue weighted by atomic mass is 16.4. The third-order valence-electron chi connectivity index (χ3n) is 4.23. The standard InChI is InChI=1S/C16H20N2O3/c1-2-18(12-6-4-3-5-7-12)16-17-13-9-8-11(15(19)20)10-14(13)21-16/h8-10,12H,2-7H2,1H3,(H,19,20). The zero-order valence-electron chi connectivity index (χ0n) is 12.2. The number of hydrogen-bond acceptors (Lipinski definition) is 4. The second-order valence-electron chi connectivity index (χ2n) is 5.56. The van der Waals surface area contributed by atoms with Gasteiger partial charge in [0.1, 0.15) is 5.52 Å². The fraction of sp³-hybridized carbons (Fsp3) is 0.500. The molecule has 5 heteroatoms. The molecular formula is C16H20N2O3. The van der Waals surface area contributed by atoms with Gasteiger partial charge in [0, 0.05) is 12.6 Å². The summed E-state index contributed by atoms with van der Waals surface area (Å²) in [5.41, 5.74) is 1.48. The monoisotopic (exact) mass is 288 g/mol. The molecule has 1 aromatic carbocycles. The molecule has 1 fully saturated rings. The van der Waals surface area contributed by atoms with E-state index in [9.17, 15) is 4.79 Å². The predicted octanol–water partition coefficient (Wildman–Crippen LogP) is 3.69. The van der Waals surface area contributed by atoms with Crippen molar-refractivity contribution in [3.05, 3.63) is 23.8 Å². The molecule has 0 atom stereocenters. The first-order valence-corrected chi connectivity index (χ1v) is 7.59. The smallest absolute Gasteiger partial charge is 0.335 e. The lowest BCUT2D eigenvalue weighted by Crippen LogP contribution is -2.36. The van der Waals surface area contributed by atoms with E-state index < -0.39 is 5.97 Å². The van der Waals surface area contributed by atoms with E-state index in [2.05, 4.69) is 16.8 Å². The molecule has 1 aliphatic carbocycles. The van der Waals surface area contributed by atoms with Gasteiger partial charge in [-0.05, 0) is 38.0 Å². The molecule has 0 amide bonds. The van der Waals surface area contributed by atoms with Crippen LogP contribution in [0, 0.1) is 0 Å². The minimum Gasteiger partial charge on any atom is -0.478 e. The maximum atomic E-state index is 11.0. The Balaban J connectivity index is 1.92. The minimum absolute atomic E-state index is 0.228. The van der Waals surface area contributed by atoms with Gasteiger partial charge in [0.05, 0.1) is 5.56 Å². The first-order chi connectivity index (χ1) is 10.2. The van der Waals surface area contributed by atoms with Gasteiger partial charge in [0.2, 0.25) is 0 Å². The Labute approximate surface area is 123 Å². The molecule has 1 saturated carbocycles. The summed E-state index contributed by atoms with van der Waals surface area (Å²) in [6.45, 7) is 2.95. The maximum Gasteiger partial charge on any atom is 0.335 e. The molecule has 0 aliphatic heterocycles. The van der Waals surface area contributed by atoms with Gasteiger partial charge in [-0.25, -0.2) is 4.79 Å². The van der Waals surface area contributed by atoms with E-state index in [1.165, 1.54) is 32.1 Å². The van der Waals surface area contributed by atoms with Gasteiger partial charge in [0.25, 0.3) is 6.01 Å². The number of anilines is 1. The van der Waals surface area contributed by atoms with Gasteiger partial charge in [-0.2, -0.15) is 4.98 Å². The Morgan fingerprint density at radius 2 is 2.14 bits per heavy atom. The summed E-state index contributed by atoms with van der Waals surface area (Å²) in [6.07, 6.45) is 6.17. The highest BCUT2D eigenvalue weighted by molar-refractivity contribution is 5.92. The summed E-state index contributed by atoms with van der Waals surface area (Å²) in [6, 6.07) is 5.91. The van der Waals surface area contributed by atoms with Crippen LogP contribution < -0.4 is 4.90 Å². The van der Waals surface area contributed by atoms with Gasteiger partial charge in [-0.1, -0.05) is 19.3 Å². The number of aromatic nitrogens is 1. The molecule has 1 N–H and O–H groups in total. The summed E-state index contributed by atoms with van der Waals surface area (Å²) < 4.78 is 5.82. The highest BCUT2D eigenvalue weighted by Gasteiger charge is 2.24. The molecule has 0 spiro atoms. The molecule has 1 aliphatic rings. The van der Waals surface area contributed by atoms with Crippen molar-refractivity contribution >= 4 is 23.1 Å². The van der Waals surface area contributed by atoms with Crippen LogP contribution in [0.4, 0.5) is 6.01 Å². The van der Waals surface area contributed by atoms with Gasteiger partial charge >= 0.3 is 5.97 Å². The lowest BCUT2D eigenvalue weighted by molar-refractivity contribution is 0.0697. The lowest BCUT2D eigenvalue weighted by atomic mass is 9.94. The van der Waals surface area contributed by atoms with Crippen molar-refractivity contribution in [3.63, 3.8) is 0 Å². The van der Waals surface area contributed by atoms with Gasteiger partial charge in [0.15, 0.2) is 5.58 Å². The molecule has 112 valence electrons. The number of carboxylic acid groups (broad SMARTS) is 1. The molecule has 1 heterocycles. The Hall–Kier alpha value is -2.04. The van der Waals surface area contributed by atoms with Crippen molar-refractivity contribution < 1.29 is 14.3 Å². The number of benzene rings is 1. The van der Waals surface area contributed by atoms with E-state index in [1.807, 2.05) is 0 Å². The Morgan fingerprint density at radius 1 is 1.38 bits per heavy atom. The number of rotatable bonds is 4. The van der Waals surface area contributed by atoms with Gasteiger partial charge < -0.3 is 14.4 Å². The van der Waals surface area contributed by atoms with E-state index in [0.717, 1.165) is 6.54 Å². The van der Waals surface area contributed by atoms with E-state index in [1.54, 1.807) is 18.2 Å². The molecule has 2 aromatic rings. The first-order valence-electron chi connectivity index (χ1n) is 7.59. The van der Waals surface area contributed by atoms with Gasteiger partial charge in [-0.3, -0.25) is 0 Å². The zero-order valence-corrected chi connectivity index (χ0v) is 12.2. The number of hydrogen-bond donors (Lipinski definition) is 1. The van der Waals surface area contributed by atoms with Crippen molar-refractivity contribution in [1.82, 2.24) is 4.98 Å². The van der Waals surface area contributed by atoms with Crippen LogP contribution in [0.1, 0.15) is 49.4 Å². The summed E-state index contributed by atoms with van der Waals surface area (Å²) in [5, 5.41) is 9.04. The molecular weight excluding hydrogens is 268 g/mol. The number of carbonyl (C=O) groups is 1. The van der Waals surface area contributed by atoms with Crippen molar-refractivity contribution in [2.24, 2.45) is 0 Å². The third-order valence-corrected chi connectivity index (χ3v) is 4.23. The SMILES string of the molecule is CCN(c1nc2ccc(C(=O)O)cc2o1)C1CCCCC1. The van der Waals surface area contributed by atoms with Crippen LogP contribution in [-0.4, -0.2) is 28.6 Å². The van der Waals surface area contributed by atoms with Crippen LogP contribution in [0.5, 0.6) is 0 Å². The first kappa shape index (κ1) is 13.9. The number of fused-ring (bicyclic) bond motifs is 1. The summed E-state index contributed by atoms with van der Waals surface area (Å²) in [7, 11) is 0. The molecule has 1 aromatic heterocycles. The molecule has 0 radical (unpaired) electrons. The second-order valence-corrected chi connectivity index (χ2v) is 5.56. The normalized spacial score (nSPS) is 16.2. The molecule has 3 rings (SSSR count).